The van der Waals surface area contributed by atoms with Crippen molar-refractivity contribution < 1.29 is 14.3 Å². The highest BCUT2D eigenvalue weighted by molar-refractivity contribution is 6.13. The molecular formula is C13H14N2O3. The highest BCUT2D eigenvalue weighted by Gasteiger charge is 2.53. The third-order valence-corrected chi connectivity index (χ3v) is 3.70. The van der Waals surface area contributed by atoms with E-state index in [0.29, 0.717) is 25.1 Å². The molecule has 0 spiro atoms. The van der Waals surface area contributed by atoms with E-state index in [1.807, 2.05) is 12.1 Å². The fraction of sp³-hybridized carbons (Fsp3) is 0.385. The van der Waals surface area contributed by atoms with Gasteiger partial charge in [-0.2, -0.15) is 0 Å². The largest absolute Gasteiger partial charge is 0.370 e. The molecular weight excluding hydrogens is 232 g/mol. The summed E-state index contributed by atoms with van der Waals surface area (Å²) < 4.78 is 5.20. The Hall–Kier alpha value is -1.72. The van der Waals surface area contributed by atoms with Crippen molar-refractivity contribution in [2.24, 2.45) is 5.73 Å². The molecule has 2 atom stereocenters. The molecule has 2 heterocycles. The van der Waals surface area contributed by atoms with Gasteiger partial charge in [-0.15, -0.1) is 0 Å². The molecule has 1 amide bonds. The summed E-state index contributed by atoms with van der Waals surface area (Å²) in [4.78, 5) is 24.3. The highest BCUT2D eigenvalue weighted by atomic mass is 16.5. The molecule has 1 fully saturated rings. The molecule has 2 aliphatic rings. The Balaban J connectivity index is 2.09. The molecule has 18 heavy (non-hydrogen) atoms. The van der Waals surface area contributed by atoms with Gasteiger partial charge >= 0.3 is 0 Å². The molecule has 2 aliphatic heterocycles. The molecule has 1 aromatic rings. The quantitative estimate of drug-likeness (QED) is 0.725. The second kappa shape index (κ2) is 3.90. The summed E-state index contributed by atoms with van der Waals surface area (Å²) in [6.07, 6.45) is 0.133. The van der Waals surface area contributed by atoms with Gasteiger partial charge in [-0.3, -0.25) is 14.9 Å². The van der Waals surface area contributed by atoms with E-state index in [2.05, 4.69) is 5.32 Å². The molecule has 5 heteroatoms. The van der Waals surface area contributed by atoms with Gasteiger partial charge in [-0.05, 0) is 11.1 Å². The molecule has 1 aromatic carbocycles. The van der Waals surface area contributed by atoms with E-state index < -0.39 is 17.6 Å². The topological polar surface area (TPSA) is 81.4 Å². The average molecular weight is 246 g/mol. The average Bonchev–Trinajstić information content (AvgIpc) is 2.67. The maximum atomic E-state index is 12.5. The van der Waals surface area contributed by atoms with Gasteiger partial charge in [0.25, 0.3) is 0 Å². The van der Waals surface area contributed by atoms with Crippen LogP contribution >= 0.6 is 0 Å². The highest BCUT2D eigenvalue weighted by Crippen LogP contribution is 2.35. The zero-order chi connectivity index (χ0) is 12.8. The second-order valence-electron chi connectivity index (χ2n) is 4.64. The molecule has 2 unspecified atom stereocenters. The summed E-state index contributed by atoms with van der Waals surface area (Å²) in [7, 11) is 0. The number of nitrogens with one attached hydrogen (secondary N) is 1. The molecule has 0 saturated carbocycles. The Morgan fingerprint density at radius 2 is 2.11 bits per heavy atom. The Bertz CT molecular complexity index is 525. The molecule has 0 bridgehead atoms. The lowest BCUT2D eigenvalue weighted by molar-refractivity contribution is -0.153. The Labute approximate surface area is 104 Å². The van der Waals surface area contributed by atoms with Crippen molar-refractivity contribution in [3.63, 3.8) is 0 Å². The summed E-state index contributed by atoms with van der Waals surface area (Å²) in [6, 6.07) is 7.35. The molecule has 0 aromatic heterocycles. The predicted molar refractivity (Wildman–Crippen MR) is 63.5 cm³/mol. The lowest BCUT2D eigenvalue weighted by Gasteiger charge is -2.34. The van der Waals surface area contributed by atoms with Crippen LogP contribution in [0.2, 0.25) is 0 Å². The van der Waals surface area contributed by atoms with Crippen LogP contribution in [0.25, 0.3) is 0 Å². The van der Waals surface area contributed by atoms with Crippen LogP contribution in [0.15, 0.2) is 24.3 Å². The van der Waals surface area contributed by atoms with Crippen LogP contribution in [0.1, 0.15) is 17.5 Å². The molecule has 3 rings (SSSR count). The number of amides is 1. The maximum Gasteiger partial charge on any atom is 0.250 e. The SMILES string of the molecule is NC(=O)C1(C(=O)C2CCO2)NCc2ccccc21. The van der Waals surface area contributed by atoms with Crippen molar-refractivity contribution in [2.45, 2.75) is 24.6 Å². The standard InChI is InChI=1S/C13H14N2O3/c14-12(17)13(11(16)10-5-6-18-10)9-4-2-1-3-8(9)7-15-13/h1-4,10,15H,5-7H2,(H2,14,17). The summed E-state index contributed by atoms with van der Waals surface area (Å²) in [5.41, 5.74) is 5.67. The molecule has 94 valence electrons. The normalized spacial score (nSPS) is 29.4. The van der Waals surface area contributed by atoms with Crippen LogP contribution < -0.4 is 11.1 Å². The van der Waals surface area contributed by atoms with Crippen LogP contribution in [0.4, 0.5) is 0 Å². The second-order valence-corrected chi connectivity index (χ2v) is 4.64. The summed E-state index contributed by atoms with van der Waals surface area (Å²) in [5, 5.41) is 2.98. The van der Waals surface area contributed by atoms with E-state index in [4.69, 9.17) is 10.5 Å². The van der Waals surface area contributed by atoms with E-state index in [-0.39, 0.29) is 5.78 Å². The van der Waals surface area contributed by atoms with Gasteiger partial charge in [-0.25, -0.2) is 0 Å². The first kappa shape index (κ1) is 11.4. The van der Waals surface area contributed by atoms with Crippen molar-refractivity contribution >= 4 is 11.7 Å². The van der Waals surface area contributed by atoms with Gasteiger partial charge < -0.3 is 10.5 Å². The first-order valence-corrected chi connectivity index (χ1v) is 5.95. The van der Waals surface area contributed by atoms with Crippen molar-refractivity contribution in [1.29, 1.82) is 0 Å². The van der Waals surface area contributed by atoms with Gasteiger partial charge in [0, 0.05) is 13.0 Å². The van der Waals surface area contributed by atoms with Gasteiger partial charge in [0.05, 0.1) is 6.61 Å². The number of nitrogens with two attached hydrogens (primary N) is 1. The smallest absolute Gasteiger partial charge is 0.250 e. The van der Waals surface area contributed by atoms with E-state index >= 15 is 0 Å². The zero-order valence-electron chi connectivity index (χ0n) is 9.81. The van der Waals surface area contributed by atoms with Crippen LogP contribution in [0.3, 0.4) is 0 Å². The Kier molecular flexibility index (Phi) is 2.46. The van der Waals surface area contributed by atoms with Gasteiger partial charge in [-0.1, -0.05) is 24.3 Å². The first-order valence-electron chi connectivity index (χ1n) is 5.95. The van der Waals surface area contributed by atoms with Crippen LogP contribution in [-0.4, -0.2) is 24.4 Å². The molecule has 1 saturated heterocycles. The monoisotopic (exact) mass is 246 g/mol. The van der Waals surface area contributed by atoms with Gasteiger partial charge in [0.2, 0.25) is 5.91 Å². The number of benzene rings is 1. The van der Waals surface area contributed by atoms with Crippen LogP contribution in [0, 0.1) is 0 Å². The summed E-state index contributed by atoms with van der Waals surface area (Å²) >= 11 is 0. The van der Waals surface area contributed by atoms with Crippen molar-refractivity contribution in [3.05, 3.63) is 35.4 Å². The van der Waals surface area contributed by atoms with Gasteiger partial charge in [0.1, 0.15) is 6.10 Å². The van der Waals surface area contributed by atoms with E-state index in [1.165, 1.54) is 0 Å². The first-order chi connectivity index (χ1) is 8.66. The third kappa shape index (κ3) is 1.34. The van der Waals surface area contributed by atoms with E-state index in [9.17, 15) is 9.59 Å². The summed E-state index contributed by atoms with van der Waals surface area (Å²) in [5.74, 6) is -0.931. The minimum atomic E-state index is -1.42. The molecule has 5 nitrogen and oxygen atoms in total. The molecule has 3 N–H and O–H groups in total. The van der Waals surface area contributed by atoms with Crippen molar-refractivity contribution in [1.82, 2.24) is 5.32 Å². The minimum Gasteiger partial charge on any atom is -0.370 e. The van der Waals surface area contributed by atoms with Crippen LogP contribution in [0.5, 0.6) is 0 Å². The maximum absolute atomic E-state index is 12.5. The van der Waals surface area contributed by atoms with Crippen molar-refractivity contribution in [3.8, 4) is 0 Å². The van der Waals surface area contributed by atoms with E-state index in [0.717, 1.165) is 5.56 Å². The zero-order valence-corrected chi connectivity index (χ0v) is 9.81. The van der Waals surface area contributed by atoms with Gasteiger partial charge in [0.15, 0.2) is 11.3 Å². The number of ether oxygens (including phenoxy) is 1. The number of fused-ring (bicyclic) bond motifs is 1. The number of ketones is 1. The number of carbonyl (C=O) groups is 2. The predicted octanol–water partition coefficient (Wildman–Crippen LogP) is -0.172. The summed E-state index contributed by atoms with van der Waals surface area (Å²) in [6.45, 7) is 1.03. The number of primary amides is 1. The Morgan fingerprint density at radius 1 is 1.39 bits per heavy atom. The number of hydrogen-bond acceptors (Lipinski definition) is 4. The number of Topliss-reactive ketones (excluding diaryl/α,β-unsaturated/α-hetero) is 1. The van der Waals surface area contributed by atoms with Crippen LogP contribution in [-0.2, 0) is 26.4 Å². The number of carbonyl (C=O) groups excluding carboxylic acids is 2. The third-order valence-electron chi connectivity index (χ3n) is 3.70. The number of rotatable bonds is 3. The fourth-order valence-electron chi connectivity index (χ4n) is 2.61. The lowest BCUT2D eigenvalue weighted by Crippen LogP contribution is -2.60. The number of hydrogen-bond donors (Lipinski definition) is 2. The van der Waals surface area contributed by atoms with E-state index in [1.54, 1.807) is 12.1 Å². The lowest BCUT2D eigenvalue weighted by atomic mass is 9.82. The fourth-order valence-corrected chi connectivity index (χ4v) is 2.61. The molecule has 0 radical (unpaired) electrons. The molecule has 0 aliphatic carbocycles. The Morgan fingerprint density at radius 3 is 2.72 bits per heavy atom. The van der Waals surface area contributed by atoms with Crippen molar-refractivity contribution in [2.75, 3.05) is 6.61 Å². The minimum absolute atomic E-state index is 0.272.